The third-order valence-electron chi connectivity index (χ3n) is 3.60. The van der Waals surface area contributed by atoms with E-state index in [1.165, 1.54) is 0 Å². The minimum Gasteiger partial charge on any atom is -0.315 e. The van der Waals surface area contributed by atoms with E-state index < -0.39 is 0 Å². The topological polar surface area (TPSA) is 28.2 Å². The monoisotopic (exact) mass is 277 g/mol. The molecule has 0 radical (unpaired) electrons. The van der Waals surface area contributed by atoms with Crippen LogP contribution in [0.1, 0.15) is 39.1 Å². The van der Waals surface area contributed by atoms with E-state index in [-0.39, 0.29) is 0 Å². The molecule has 0 saturated heterocycles. The zero-order valence-electron chi connectivity index (χ0n) is 14.0. The molecule has 0 saturated carbocycles. The van der Waals surface area contributed by atoms with Crippen molar-refractivity contribution in [2.45, 2.75) is 47.2 Å². The molecule has 1 N–H and O–H groups in total. The van der Waals surface area contributed by atoms with Crippen molar-refractivity contribution in [2.24, 2.45) is 11.8 Å². The van der Waals surface area contributed by atoms with Crippen LogP contribution in [0, 0.1) is 18.8 Å². The van der Waals surface area contributed by atoms with Gasteiger partial charge in [0.05, 0.1) is 5.69 Å². The van der Waals surface area contributed by atoms with Crippen LogP contribution in [0.25, 0.3) is 0 Å². The van der Waals surface area contributed by atoms with E-state index in [9.17, 15) is 0 Å². The lowest BCUT2D eigenvalue weighted by atomic mass is 10.0. The largest absolute Gasteiger partial charge is 0.315 e. The number of rotatable bonds is 8. The van der Waals surface area contributed by atoms with Crippen LogP contribution in [0.15, 0.2) is 18.2 Å². The van der Waals surface area contributed by atoms with Crippen LogP contribution in [0.3, 0.4) is 0 Å². The molecule has 20 heavy (non-hydrogen) atoms. The molecule has 1 aromatic heterocycles. The summed E-state index contributed by atoms with van der Waals surface area (Å²) in [5, 5.41) is 3.58. The third kappa shape index (κ3) is 6.02. The Bertz CT molecular complexity index is 388. The first-order chi connectivity index (χ1) is 9.40. The van der Waals surface area contributed by atoms with Crippen molar-refractivity contribution in [3.63, 3.8) is 0 Å². The number of aryl methyl sites for hydroxylation is 1. The number of hydrogen-bond donors (Lipinski definition) is 1. The van der Waals surface area contributed by atoms with Gasteiger partial charge in [-0.3, -0.25) is 9.88 Å². The van der Waals surface area contributed by atoms with Gasteiger partial charge < -0.3 is 5.32 Å². The second-order valence-electron chi connectivity index (χ2n) is 6.55. The lowest BCUT2D eigenvalue weighted by Gasteiger charge is -2.31. The Hall–Kier alpha value is -0.930. The summed E-state index contributed by atoms with van der Waals surface area (Å²) in [6, 6.07) is 6.79. The van der Waals surface area contributed by atoms with Gasteiger partial charge in [0, 0.05) is 24.8 Å². The number of pyridine rings is 1. The highest BCUT2D eigenvalue weighted by molar-refractivity contribution is 5.09. The zero-order valence-corrected chi connectivity index (χ0v) is 14.0. The first-order valence-electron chi connectivity index (χ1n) is 7.73. The van der Waals surface area contributed by atoms with E-state index in [0.29, 0.717) is 17.9 Å². The van der Waals surface area contributed by atoms with Crippen LogP contribution in [0.4, 0.5) is 0 Å². The highest BCUT2D eigenvalue weighted by Gasteiger charge is 2.18. The van der Waals surface area contributed by atoms with Crippen LogP contribution in [0.5, 0.6) is 0 Å². The van der Waals surface area contributed by atoms with Gasteiger partial charge in [-0.2, -0.15) is 0 Å². The number of nitrogens with one attached hydrogen (secondary N) is 1. The Kier molecular flexibility index (Phi) is 7.17. The minimum absolute atomic E-state index is 0.538. The van der Waals surface area contributed by atoms with E-state index >= 15 is 0 Å². The first-order valence-corrected chi connectivity index (χ1v) is 7.73. The van der Waals surface area contributed by atoms with Crippen molar-refractivity contribution >= 4 is 0 Å². The molecule has 0 aromatic carbocycles. The SMILES string of the molecule is Cc1cccc(CN(C)C(CNCC(C)C)C(C)C)n1. The van der Waals surface area contributed by atoms with Gasteiger partial charge in [-0.15, -0.1) is 0 Å². The van der Waals surface area contributed by atoms with E-state index in [0.717, 1.165) is 31.0 Å². The normalized spacial score (nSPS) is 13.4. The van der Waals surface area contributed by atoms with Gasteiger partial charge in [0.2, 0.25) is 0 Å². The number of aromatic nitrogens is 1. The van der Waals surface area contributed by atoms with Crippen molar-refractivity contribution in [1.82, 2.24) is 15.2 Å². The quantitative estimate of drug-likeness (QED) is 0.791. The summed E-state index contributed by atoms with van der Waals surface area (Å²) in [7, 11) is 2.20. The molecule has 1 heterocycles. The summed E-state index contributed by atoms with van der Waals surface area (Å²) in [6.07, 6.45) is 0. The standard InChI is InChI=1S/C17H31N3/c1-13(2)10-18-11-17(14(3)4)20(6)12-16-9-7-8-15(5)19-16/h7-9,13-14,17-18H,10-12H2,1-6H3. The second kappa shape index (κ2) is 8.38. The molecule has 3 heteroatoms. The van der Waals surface area contributed by atoms with Crippen LogP contribution in [-0.2, 0) is 6.54 Å². The maximum atomic E-state index is 4.60. The van der Waals surface area contributed by atoms with Crippen LogP contribution in [0.2, 0.25) is 0 Å². The smallest absolute Gasteiger partial charge is 0.0547 e. The summed E-state index contributed by atoms with van der Waals surface area (Å²) in [6.45, 7) is 14.2. The molecule has 0 fully saturated rings. The molecule has 0 aliphatic carbocycles. The van der Waals surface area contributed by atoms with Gasteiger partial charge in [0.25, 0.3) is 0 Å². The maximum Gasteiger partial charge on any atom is 0.0547 e. The summed E-state index contributed by atoms with van der Waals surface area (Å²) < 4.78 is 0. The Balaban J connectivity index is 2.57. The zero-order chi connectivity index (χ0) is 15.1. The number of hydrogen-bond acceptors (Lipinski definition) is 3. The fourth-order valence-electron chi connectivity index (χ4n) is 2.48. The van der Waals surface area contributed by atoms with E-state index in [2.05, 4.69) is 62.1 Å². The molecular formula is C17H31N3. The van der Waals surface area contributed by atoms with Gasteiger partial charge in [0.1, 0.15) is 0 Å². The Labute approximate surface area is 124 Å². The Morgan fingerprint density at radius 2 is 1.85 bits per heavy atom. The fraction of sp³-hybridized carbons (Fsp3) is 0.706. The second-order valence-corrected chi connectivity index (χ2v) is 6.55. The predicted octanol–water partition coefficient (Wildman–Crippen LogP) is 3.09. The van der Waals surface area contributed by atoms with Crippen molar-refractivity contribution in [1.29, 1.82) is 0 Å². The molecule has 0 spiro atoms. The van der Waals surface area contributed by atoms with Crippen LogP contribution < -0.4 is 5.32 Å². The molecule has 0 aliphatic rings. The van der Waals surface area contributed by atoms with Gasteiger partial charge in [0.15, 0.2) is 0 Å². The average molecular weight is 277 g/mol. The molecule has 114 valence electrons. The number of likely N-dealkylation sites (N-methyl/N-ethyl adjacent to an activating group) is 1. The molecule has 1 rings (SSSR count). The fourth-order valence-corrected chi connectivity index (χ4v) is 2.48. The summed E-state index contributed by atoms with van der Waals surface area (Å²) in [5.41, 5.74) is 2.25. The van der Waals surface area contributed by atoms with Crippen molar-refractivity contribution in [3.05, 3.63) is 29.6 Å². The molecular weight excluding hydrogens is 246 g/mol. The summed E-state index contributed by atoms with van der Waals surface area (Å²) >= 11 is 0. The van der Waals surface area contributed by atoms with Crippen molar-refractivity contribution < 1.29 is 0 Å². The van der Waals surface area contributed by atoms with E-state index in [4.69, 9.17) is 0 Å². The van der Waals surface area contributed by atoms with E-state index in [1.807, 2.05) is 13.0 Å². The molecule has 0 aliphatic heterocycles. The lowest BCUT2D eigenvalue weighted by Crippen LogP contribution is -2.44. The van der Waals surface area contributed by atoms with Gasteiger partial charge in [-0.05, 0) is 44.5 Å². The minimum atomic E-state index is 0.538. The third-order valence-corrected chi connectivity index (χ3v) is 3.60. The van der Waals surface area contributed by atoms with Crippen LogP contribution >= 0.6 is 0 Å². The summed E-state index contributed by atoms with van der Waals surface area (Å²) in [5.74, 6) is 1.33. The molecule has 1 unspecified atom stereocenters. The highest BCUT2D eigenvalue weighted by atomic mass is 15.2. The molecule has 3 nitrogen and oxygen atoms in total. The summed E-state index contributed by atoms with van der Waals surface area (Å²) in [4.78, 5) is 7.02. The molecule has 0 bridgehead atoms. The first kappa shape index (κ1) is 17.1. The Morgan fingerprint density at radius 3 is 2.40 bits per heavy atom. The lowest BCUT2D eigenvalue weighted by molar-refractivity contribution is 0.176. The van der Waals surface area contributed by atoms with Crippen LogP contribution in [-0.4, -0.2) is 36.1 Å². The number of nitrogens with zero attached hydrogens (tertiary/aromatic N) is 2. The highest BCUT2D eigenvalue weighted by Crippen LogP contribution is 2.12. The molecule has 0 amide bonds. The van der Waals surface area contributed by atoms with Gasteiger partial charge in [-0.1, -0.05) is 33.8 Å². The van der Waals surface area contributed by atoms with Crippen molar-refractivity contribution in [2.75, 3.05) is 20.1 Å². The molecule has 1 aromatic rings. The van der Waals surface area contributed by atoms with Gasteiger partial charge in [-0.25, -0.2) is 0 Å². The van der Waals surface area contributed by atoms with Crippen molar-refractivity contribution in [3.8, 4) is 0 Å². The van der Waals surface area contributed by atoms with Gasteiger partial charge >= 0.3 is 0 Å². The maximum absolute atomic E-state index is 4.60. The molecule has 1 atom stereocenters. The Morgan fingerprint density at radius 1 is 1.15 bits per heavy atom. The average Bonchev–Trinajstić information content (AvgIpc) is 2.33. The predicted molar refractivity (Wildman–Crippen MR) is 86.8 cm³/mol. The van der Waals surface area contributed by atoms with E-state index in [1.54, 1.807) is 0 Å².